The first-order chi connectivity index (χ1) is 9.42. The van der Waals surface area contributed by atoms with Gasteiger partial charge in [-0.15, -0.1) is 11.3 Å². The Kier molecular flexibility index (Phi) is 4.26. The van der Waals surface area contributed by atoms with E-state index in [9.17, 15) is 0 Å². The van der Waals surface area contributed by atoms with Gasteiger partial charge in [-0.3, -0.25) is 4.98 Å². The van der Waals surface area contributed by atoms with Crippen LogP contribution in [0.15, 0.2) is 42.0 Å². The lowest BCUT2D eigenvalue weighted by molar-refractivity contribution is 0.342. The SMILES string of the molecule is c1ccc(C2CCC(NCc3cncs3)CC2)cc1. The van der Waals surface area contributed by atoms with Gasteiger partial charge in [0.05, 0.1) is 5.51 Å². The molecule has 1 aromatic heterocycles. The molecule has 1 aromatic carbocycles. The van der Waals surface area contributed by atoms with Crippen molar-refractivity contribution in [2.75, 3.05) is 0 Å². The first-order valence-electron chi connectivity index (χ1n) is 7.07. The van der Waals surface area contributed by atoms with E-state index >= 15 is 0 Å². The van der Waals surface area contributed by atoms with E-state index in [0.29, 0.717) is 6.04 Å². The van der Waals surface area contributed by atoms with Crippen LogP contribution in [0.3, 0.4) is 0 Å². The van der Waals surface area contributed by atoms with Gasteiger partial charge < -0.3 is 5.32 Å². The Morgan fingerprint density at radius 1 is 1.11 bits per heavy atom. The fraction of sp³-hybridized carbons (Fsp3) is 0.438. The molecule has 1 heterocycles. The highest BCUT2D eigenvalue weighted by Crippen LogP contribution is 2.32. The first-order valence-corrected chi connectivity index (χ1v) is 7.95. The molecule has 2 nitrogen and oxygen atoms in total. The highest BCUT2D eigenvalue weighted by molar-refractivity contribution is 7.09. The van der Waals surface area contributed by atoms with E-state index in [0.717, 1.165) is 12.5 Å². The quantitative estimate of drug-likeness (QED) is 0.911. The van der Waals surface area contributed by atoms with Crippen molar-refractivity contribution in [3.63, 3.8) is 0 Å². The van der Waals surface area contributed by atoms with E-state index in [1.165, 1.54) is 36.1 Å². The lowest BCUT2D eigenvalue weighted by Gasteiger charge is -2.29. The molecule has 100 valence electrons. The Labute approximate surface area is 118 Å². The Balaban J connectivity index is 1.47. The average molecular weight is 272 g/mol. The Bertz CT molecular complexity index is 473. The number of aromatic nitrogens is 1. The summed E-state index contributed by atoms with van der Waals surface area (Å²) >= 11 is 1.74. The van der Waals surface area contributed by atoms with Crippen molar-refractivity contribution in [2.24, 2.45) is 0 Å². The predicted molar refractivity (Wildman–Crippen MR) is 80.4 cm³/mol. The second-order valence-corrected chi connectivity index (χ2v) is 6.28. The topological polar surface area (TPSA) is 24.9 Å². The van der Waals surface area contributed by atoms with E-state index < -0.39 is 0 Å². The van der Waals surface area contributed by atoms with Gasteiger partial charge in [-0.25, -0.2) is 0 Å². The third kappa shape index (κ3) is 3.43. The third-order valence-electron chi connectivity index (χ3n) is 4.05. The number of hydrogen-bond acceptors (Lipinski definition) is 3. The van der Waals surface area contributed by atoms with Gasteiger partial charge in [-0.2, -0.15) is 0 Å². The summed E-state index contributed by atoms with van der Waals surface area (Å²) in [7, 11) is 0. The molecule has 2 aromatic rings. The Hall–Kier alpha value is -1.19. The van der Waals surface area contributed by atoms with E-state index in [1.54, 1.807) is 11.3 Å². The zero-order chi connectivity index (χ0) is 12.9. The smallest absolute Gasteiger partial charge is 0.0794 e. The molecule has 19 heavy (non-hydrogen) atoms. The van der Waals surface area contributed by atoms with Crippen LogP contribution in [0, 0.1) is 0 Å². The number of thiazole rings is 1. The molecule has 0 amide bonds. The fourth-order valence-corrected chi connectivity index (χ4v) is 3.48. The number of benzene rings is 1. The summed E-state index contributed by atoms with van der Waals surface area (Å²) in [5.74, 6) is 0.766. The van der Waals surface area contributed by atoms with Crippen LogP contribution >= 0.6 is 11.3 Å². The maximum absolute atomic E-state index is 4.12. The van der Waals surface area contributed by atoms with Crippen LogP contribution < -0.4 is 5.32 Å². The van der Waals surface area contributed by atoms with Gasteiger partial charge in [-0.1, -0.05) is 30.3 Å². The van der Waals surface area contributed by atoms with Gasteiger partial charge in [0.15, 0.2) is 0 Å². The molecule has 0 spiro atoms. The standard InChI is InChI=1S/C16H20N2S/c1-2-4-13(5-3-1)14-6-8-15(9-7-14)18-11-16-10-17-12-19-16/h1-5,10,12,14-15,18H,6-9,11H2. The second-order valence-electron chi connectivity index (χ2n) is 5.31. The van der Waals surface area contributed by atoms with E-state index in [1.807, 2.05) is 11.7 Å². The maximum Gasteiger partial charge on any atom is 0.0794 e. The lowest BCUT2D eigenvalue weighted by atomic mass is 9.82. The van der Waals surface area contributed by atoms with Gasteiger partial charge in [0.25, 0.3) is 0 Å². The van der Waals surface area contributed by atoms with E-state index in [-0.39, 0.29) is 0 Å². The van der Waals surface area contributed by atoms with Crippen molar-refractivity contribution in [3.8, 4) is 0 Å². The molecular weight excluding hydrogens is 252 g/mol. The molecule has 3 heteroatoms. The molecule has 1 fully saturated rings. The lowest BCUT2D eigenvalue weighted by Crippen LogP contribution is -2.32. The molecule has 0 bridgehead atoms. The molecular formula is C16H20N2S. The van der Waals surface area contributed by atoms with Gasteiger partial charge in [0, 0.05) is 23.7 Å². The summed E-state index contributed by atoms with van der Waals surface area (Å²) in [6.45, 7) is 0.978. The third-order valence-corrected chi connectivity index (χ3v) is 4.83. The van der Waals surface area contributed by atoms with Crippen molar-refractivity contribution in [1.82, 2.24) is 10.3 Å². The molecule has 0 radical (unpaired) electrons. The van der Waals surface area contributed by atoms with Crippen LogP contribution in [0.1, 0.15) is 42.0 Å². The number of nitrogens with one attached hydrogen (secondary N) is 1. The zero-order valence-corrected chi connectivity index (χ0v) is 11.9. The molecule has 1 aliphatic carbocycles. The molecule has 0 atom stereocenters. The van der Waals surface area contributed by atoms with Crippen LogP contribution in [-0.4, -0.2) is 11.0 Å². The second kappa shape index (κ2) is 6.31. The summed E-state index contributed by atoms with van der Waals surface area (Å²) in [6, 6.07) is 11.6. The number of hydrogen-bond donors (Lipinski definition) is 1. The van der Waals surface area contributed by atoms with Crippen LogP contribution in [0.25, 0.3) is 0 Å². The summed E-state index contributed by atoms with van der Waals surface area (Å²) in [5, 5.41) is 3.67. The molecule has 0 unspecified atom stereocenters. The van der Waals surface area contributed by atoms with Crippen LogP contribution in [-0.2, 0) is 6.54 Å². The molecule has 1 aliphatic rings. The minimum atomic E-state index is 0.682. The predicted octanol–water partition coefficient (Wildman–Crippen LogP) is 3.96. The number of nitrogens with zero attached hydrogens (tertiary/aromatic N) is 1. The minimum Gasteiger partial charge on any atom is -0.309 e. The zero-order valence-electron chi connectivity index (χ0n) is 11.1. The van der Waals surface area contributed by atoms with Gasteiger partial charge in [0.1, 0.15) is 0 Å². The molecule has 1 saturated carbocycles. The highest BCUT2D eigenvalue weighted by Gasteiger charge is 2.21. The van der Waals surface area contributed by atoms with Crippen molar-refractivity contribution in [1.29, 1.82) is 0 Å². The van der Waals surface area contributed by atoms with Gasteiger partial charge in [-0.05, 0) is 37.2 Å². The van der Waals surface area contributed by atoms with Gasteiger partial charge >= 0.3 is 0 Å². The monoisotopic (exact) mass is 272 g/mol. The minimum absolute atomic E-state index is 0.682. The van der Waals surface area contributed by atoms with Crippen molar-refractivity contribution < 1.29 is 0 Å². The summed E-state index contributed by atoms with van der Waals surface area (Å²) < 4.78 is 0. The molecule has 0 saturated heterocycles. The summed E-state index contributed by atoms with van der Waals surface area (Å²) in [6.07, 6.45) is 7.17. The van der Waals surface area contributed by atoms with Crippen molar-refractivity contribution in [2.45, 2.75) is 44.2 Å². The fourth-order valence-electron chi connectivity index (χ4n) is 2.93. The van der Waals surface area contributed by atoms with Crippen molar-refractivity contribution >= 4 is 11.3 Å². The molecule has 3 rings (SSSR count). The van der Waals surface area contributed by atoms with E-state index in [2.05, 4.69) is 40.6 Å². The Morgan fingerprint density at radius 3 is 2.58 bits per heavy atom. The van der Waals surface area contributed by atoms with Crippen LogP contribution in [0.2, 0.25) is 0 Å². The highest BCUT2D eigenvalue weighted by atomic mass is 32.1. The van der Waals surface area contributed by atoms with Crippen LogP contribution in [0.4, 0.5) is 0 Å². The summed E-state index contributed by atoms with van der Waals surface area (Å²) in [4.78, 5) is 5.45. The van der Waals surface area contributed by atoms with Crippen molar-refractivity contribution in [3.05, 3.63) is 52.5 Å². The molecule has 1 N–H and O–H groups in total. The maximum atomic E-state index is 4.12. The molecule has 0 aliphatic heterocycles. The van der Waals surface area contributed by atoms with E-state index in [4.69, 9.17) is 0 Å². The average Bonchev–Trinajstić information content (AvgIpc) is 3.00. The summed E-state index contributed by atoms with van der Waals surface area (Å²) in [5.41, 5.74) is 3.42. The normalized spacial score (nSPS) is 23.4. The number of rotatable bonds is 4. The Morgan fingerprint density at radius 2 is 1.89 bits per heavy atom. The largest absolute Gasteiger partial charge is 0.309 e. The first kappa shape index (κ1) is 12.8. The van der Waals surface area contributed by atoms with Crippen LogP contribution in [0.5, 0.6) is 0 Å². The van der Waals surface area contributed by atoms with Gasteiger partial charge in [0.2, 0.25) is 0 Å².